The lowest BCUT2D eigenvalue weighted by Gasteiger charge is -2.58. The molecule has 0 aromatic heterocycles. The third-order valence-electron chi connectivity index (χ3n) is 9.52. The molecule has 5 fully saturated rings. The van der Waals surface area contributed by atoms with Crippen LogP contribution < -0.4 is 5.32 Å². The lowest BCUT2D eigenvalue weighted by Crippen LogP contribution is -2.61. The Bertz CT molecular complexity index is 1040. The van der Waals surface area contributed by atoms with Crippen LogP contribution in [-0.2, 0) is 20.5 Å². The number of urea groups is 1. The van der Waals surface area contributed by atoms with Crippen molar-refractivity contribution in [3.63, 3.8) is 0 Å². The van der Waals surface area contributed by atoms with Gasteiger partial charge in [-0.15, -0.1) is 0 Å². The van der Waals surface area contributed by atoms with Crippen LogP contribution in [0.5, 0.6) is 0 Å². The summed E-state index contributed by atoms with van der Waals surface area (Å²) in [5.41, 5.74) is 0.264. The Morgan fingerprint density at radius 2 is 1.97 bits per heavy atom. The molecule has 0 spiro atoms. The molecular weight excluding hydrogens is 493 g/mol. The van der Waals surface area contributed by atoms with E-state index >= 15 is 0 Å². The van der Waals surface area contributed by atoms with Crippen LogP contribution in [0.15, 0.2) is 30.3 Å². The van der Waals surface area contributed by atoms with Crippen molar-refractivity contribution in [2.45, 2.75) is 102 Å². The van der Waals surface area contributed by atoms with Gasteiger partial charge in [-0.2, -0.15) is 0 Å². The number of benzene rings is 1. The fourth-order valence-electron chi connectivity index (χ4n) is 7.18. The topological polar surface area (TPSA) is 80.3 Å². The maximum atomic E-state index is 13.6. The number of nitrogens with zero attached hydrogens (tertiary/aromatic N) is 2. The van der Waals surface area contributed by atoms with Crippen LogP contribution in [0.3, 0.4) is 0 Å². The second kappa shape index (κ2) is 11.0. The van der Waals surface area contributed by atoms with Gasteiger partial charge in [-0.05, 0) is 89.5 Å². The molecule has 6 rings (SSSR count). The number of piperidine rings is 1. The van der Waals surface area contributed by atoms with Gasteiger partial charge in [-0.25, -0.2) is 9.59 Å². The lowest BCUT2D eigenvalue weighted by molar-refractivity contribution is -0.152. The minimum absolute atomic E-state index is 0.0694. The molecule has 8 nitrogen and oxygen atoms in total. The van der Waals surface area contributed by atoms with Crippen molar-refractivity contribution in [3.8, 4) is 0 Å². The number of likely N-dealkylation sites (N-methyl/N-ethyl adjacent to an activating group) is 1. The maximum Gasteiger partial charge on any atom is 0.482 e. The van der Waals surface area contributed by atoms with Gasteiger partial charge in [0.1, 0.15) is 5.60 Å². The maximum absolute atomic E-state index is 13.6. The summed E-state index contributed by atoms with van der Waals surface area (Å²) in [5, 5.41) is 3.25. The van der Waals surface area contributed by atoms with E-state index in [0.29, 0.717) is 37.3 Å². The Labute approximate surface area is 234 Å². The van der Waals surface area contributed by atoms with Gasteiger partial charge in [0.05, 0.1) is 23.7 Å². The van der Waals surface area contributed by atoms with Crippen molar-refractivity contribution < 1.29 is 23.6 Å². The van der Waals surface area contributed by atoms with Crippen molar-refractivity contribution in [2.24, 2.45) is 17.8 Å². The van der Waals surface area contributed by atoms with Crippen LogP contribution in [0.25, 0.3) is 0 Å². The Morgan fingerprint density at radius 1 is 1.23 bits per heavy atom. The van der Waals surface area contributed by atoms with Gasteiger partial charge in [-0.3, -0.25) is 0 Å². The molecule has 1 aromatic rings. The summed E-state index contributed by atoms with van der Waals surface area (Å²) < 4.78 is 18.9. The summed E-state index contributed by atoms with van der Waals surface area (Å²) >= 11 is 0. The molecule has 2 aliphatic heterocycles. The van der Waals surface area contributed by atoms with Crippen LogP contribution in [0.2, 0.25) is 0 Å². The molecule has 214 valence electrons. The van der Waals surface area contributed by atoms with E-state index in [0.717, 1.165) is 31.2 Å². The largest absolute Gasteiger partial charge is 0.482 e. The number of ether oxygens (including phenoxy) is 1. The van der Waals surface area contributed by atoms with Gasteiger partial charge in [0.2, 0.25) is 0 Å². The number of hydrogen-bond donors (Lipinski definition) is 1. The van der Waals surface area contributed by atoms with E-state index in [1.54, 1.807) is 16.8 Å². The molecule has 2 heterocycles. The third kappa shape index (κ3) is 5.94. The van der Waals surface area contributed by atoms with Crippen molar-refractivity contribution in [1.29, 1.82) is 0 Å². The van der Waals surface area contributed by atoms with E-state index in [-0.39, 0.29) is 35.8 Å². The molecular formula is C30H46BN3O5. The molecule has 5 aliphatic rings. The van der Waals surface area contributed by atoms with E-state index < -0.39 is 12.7 Å². The number of rotatable bonds is 6. The summed E-state index contributed by atoms with van der Waals surface area (Å²) in [5.74, 6) is 1.55. The number of hydrogen-bond acceptors (Lipinski definition) is 5. The highest BCUT2D eigenvalue weighted by atomic mass is 16.7. The normalized spacial score (nSPS) is 32.6. The van der Waals surface area contributed by atoms with E-state index in [1.165, 1.54) is 6.42 Å². The molecule has 2 bridgehead atoms. The molecule has 9 heteroatoms. The molecule has 3 aliphatic carbocycles. The molecule has 3 amide bonds. The fraction of sp³-hybridized carbons (Fsp3) is 0.733. The standard InChI is InChI=1S/C30H46BN3O5/c1-20-22-17-24(20)30(5)25(18-22)38-31(39-30)26(16-21-12-8-7-9-13-21)32-27(35)33(6)19-23-14-10-11-15-34(23)28(36)37-29(2,3)4/h7-9,12-13,20,22-26H,10-11,14-19H2,1-6H3,(H,32,35)/t20?,22-,23+,24-,25+,26-,30-/m0/s1. The molecule has 1 unspecified atom stereocenters. The first-order valence-corrected chi connectivity index (χ1v) is 14.8. The monoisotopic (exact) mass is 539 g/mol. The van der Waals surface area contributed by atoms with Crippen molar-refractivity contribution in [2.75, 3.05) is 20.1 Å². The van der Waals surface area contributed by atoms with Crippen molar-refractivity contribution in [1.82, 2.24) is 15.1 Å². The summed E-state index contributed by atoms with van der Waals surface area (Å²) in [6, 6.07) is 9.92. The first-order chi connectivity index (χ1) is 18.4. The number of carbonyl (C=O) groups is 2. The van der Waals surface area contributed by atoms with Gasteiger partial charge < -0.3 is 29.2 Å². The quantitative estimate of drug-likeness (QED) is 0.520. The molecule has 2 saturated heterocycles. The second-order valence-electron chi connectivity index (χ2n) is 13.4. The smallest absolute Gasteiger partial charge is 0.444 e. The highest BCUT2D eigenvalue weighted by Crippen LogP contribution is 2.59. The summed E-state index contributed by atoms with van der Waals surface area (Å²) in [4.78, 5) is 29.9. The van der Waals surface area contributed by atoms with E-state index in [1.807, 2.05) is 39.0 Å². The predicted molar refractivity (Wildman–Crippen MR) is 151 cm³/mol. The van der Waals surface area contributed by atoms with Gasteiger partial charge in [-0.1, -0.05) is 37.3 Å². The predicted octanol–water partition coefficient (Wildman–Crippen LogP) is 4.91. The van der Waals surface area contributed by atoms with Gasteiger partial charge >= 0.3 is 19.2 Å². The second-order valence-corrected chi connectivity index (χ2v) is 13.4. The zero-order chi connectivity index (χ0) is 27.9. The minimum atomic E-state index is -0.555. The molecule has 39 heavy (non-hydrogen) atoms. The Hall–Kier alpha value is -2.26. The Kier molecular flexibility index (Phi) is 7.95. The highest BCUT2D eigenvalue weighted by Gasteiger charge is 2.64. The fourth-order valence-corrected chi connectivity index (χ4v) is 7.18. The van der Waals surface area contributed by atoms with Gasteiger partial charge in [0.15, 0.2) is 0 Å². The number of carbonyl (C=O) groups excluding carboxylic acids is 2. The zero-order valence-electron chi connectivity index (χ0n) is 24.5. The highest BCUT2D eigenvalue weighted by molar-refractivity contribution is 6.48. The van der Waals surface area contributed by atoms with Crippen molar-refractivity contribution in [3.05, 3.63) is 35.9 Å². The molecule has 0 radical (unpaired) electrons. The van der Waals surface area contributed by atoms with Gasteiger partial charge in [0.25, 0.3) is 0 Å². The van der Waals surface area contributed by atoms with Crippen LogP contribution in [0.4, 0.5) is 9.59 Å². The lowest BCUT2D eigenvalue weighted by atomic mass is 9.51. The summed E-state index contributed by atoms with van der Waals surface area (Å²) in [6.45, 7) is 11.3. The first-order valence-electron chi connectivity index (χ1n) is 14.8. The zero-order valence-corrected chi connectivity index (χ0v) is 24.5. The molecule has 1 N–H and O–H groups in total. The SMILES string of the molecule is CC1[C@@H]2C[C@H]3OB([C@H](Cc4ccccc4)NC(=O)N(C)C[C@H]4CCCCN4C(=O)OC(C)(C)C)O[C@@]3(C)[C@H]1C2. The van der Waals surface area contributed by atoms with Gasteiger partial charge in [0, 0.05) is 20.1 Å². The van der Waals surface area contributed by atoms with E-state index in [2.05, 4.69) is 31.3 Å². The van der Waals surface area contributed by atoms with Crippen LogP contribution in [0.1, 0.15) is 72.3 Å². The van der Waals surface area contributed by atoms with Crippen molar-refractivity contribution >= 4 is 19.2 Å². The number of nitrogens with one attached hydrogen (secondary N) is 1. The third-order valence-corrected chi connectivity index (χ3v) is 9.52. The van der Waals surface area contributed by atoms with Crippen LogP contribution in [-0.4, -0.2) is 78.5 Å². The Balaban J connectivity index is 1.26. The number of amides is 3. The number of likely N-dealkylation sites (tertiary alicyclic amines) is 1. The van der Waals surface area contributed by atoms with E-state index in [4.69, 9.17) is 14.0 Å². The molecule has 3 saturated carbocycles. The average Bonchev–Trinajstić information content (AvgIpc) is 3.25. The molecule has 1 aromatic carbocycles. The Morgan fingerprint density at radius 3 is 2.67 bits per heavy atom. The minimum Gasteiger partial charge on any atom is -0.444 e. The van der Waals surface area contributed by atoms with E-state index in [9.17, 15) is 9.59 Å². The summed E-state index contributed by atoms with van der Waals surface area (Å²) in [7, 11) is 1.29. The van der Waals surface area contributed by atoms with Crippen LogP contribution >= 0.6 is 0 Å². The molecule has 7 atom stereocenters. The first kappa shape index (κ1) is 28.3. The average molecular weight is 540 g/mol. The summed E-state index contributed by atoms with van der Waals surface area (Å²) in [6.07, 6.45) is 5.43. The van der Waals surface area contributed by atoms with Crippen LogP contribution in [0, 0.1) is 17.8 Å².